The van der Waals surface area contributed by atoms with Crippen molar-refractivity contribution in [1.82, 2.24) is 9.97 Å². The number of benzene rings is 1. The zero-order valence-electron chi connectivity index (χ0n) is 10.9. The fraction of sp³-hybridized carbons (Fsp3) is 0.0625. The van der Waals surface area contributed by atoms with Crippen LogP contribution in [0.1, 0.15) is 17.4 Å². The molecule has 20 heavy (non-hydrogen) atoms. The van der Waals surface area contributed by atoms with E-state index in [1.165, 1.54) is 6.92 Å². The maximum absolute atomic E-state index is 11.2. The van der Waals surface area contributed by atoms with Gasteiger partial charge >= 0.3 is 0 Å². The highest BCUT2D eigenvalue weighted by Gasteiger charge is 2.06. The maximum Gasteiger partial charge on any atom is 0.178 e. The molecule has 0 spiro atoms. The Kier molecular flexibility index (Phi) is 3.13. The van der Waals surface area contributed by atoms with Gasteiger partial charge in [-0.25, -0.2) is 4.98 Å². The van der Waals surface area contributed by atoms with Crippen molar-refractivity contribution in [1.29, 1.82) is 0 Å². The van der Waals surface area contributed by atoms with Crippen LogP contribution in [0.3, 0.4) is 0 Å². The molecule has 0 unspecified atom stereocenters. The van der Waals surface area contributed by atoms with E-state index in [1.54, 1.807) is 24.5 Å². The van der Waals surface area contributed by atoms with E-state index in [1.807, 2.05) is 30.3 Å². The summed E-state index contributed by atoms with van der Waals surface area (Å²) in [6.07, 6.45) is 3.27. The van der Waals surface area contributed by atoms with Crippen molar-refractivity contribution in [3.05, 3.63) is 60.6 Å². The molecule has 0 atom stereocenters. The molecule has 4 heteroatoms. The number of carbonyl (C=O) groups is 1. The molecule has 0 aliphatic carbocycles. The summed E-state index contributed by atoms with van der Waals surface area (Å²) in [6.45, 7) is 1.48. The quantitative estimate of drug-likeness (QED) is 0.678. The number of rotatable bonds is 3. The Bertz CT molecular complexity index is 762. The van der Waals surface area contributed by atoms with Gasteiger partial charge in [0.2, 0.25) is 0 Å². The van der Waals surface area contributed by atoms with Gasteiger partial charge < -0.3 is 4.74 Å². The second kappa shape index (κ2) is 5.09. The van der Waals surface area contributed by atoms with E-state index in [0.717, 1.165) is 10.9 Å². The van der Waals surface area contributed by atoms with Crippen LogP contribution in [0.4, 0.5) is 0 Å². The lowest BCUT2D eigenvalue weighted by molar-refractivity contribution is 0.101. The minimum Gasteiger partial charge on any atom is -0.453 e. The lowest BCUT2D eigenvalue weighted by Crippen LogP contribution is -1.96. The Hall–Kier alpha value is -2.75. The smallest absolute Gasteiger partial charge is 0.178 e. The number of para-hydroxylation sites is 1. The number of nitrogens with zero attached hydrogens (tertiary/aromatic N) is 2. The second-order valence-electron chi connectivity index (χ2n) is 4.37. The van der Waals surface area contributed by atoms with E-state index < -0.39 is 0 Å². The molecule has 0 saturated heterocycles. The number of aromatic nitrogens is 2. The zero-order valence-corrected chi connectivity index (χ0v) is 10.9. The molecule has 1 aromatic carbocycles. The van der Waals surface area contributed by atoms with Gasteiger partial charge in [-0.1, -0.05) is 18.2 Å². The van der Waals surface area contributed by atoms with Gasteiger partial charge in [-0.3, -0.25) is 9.78 Å². The monoisotopic (exact) mass is 264 g/mol. The van der Waals surface area contributed by atoms with Gasteiger partial charge in [0.1, 0.15) is 17.0 Å². The second-order valence-corrected chi connectivity index (χ2v) is 4.37. The molecule has 0 aliphatic heterocycles. The molecule has 2 heterocycles. The van der Waals surface area contributed by atoms with E-state index in [0.29, 0.717) is 17.2 Å². The van der Waals surface area contributed by atoms with Crippen LogP contribution in [-0.2, 0) is 0 Å². The van der Waals surface area contributed by atoms with E-state index in [2.05, 4.69) is 9.97 Å². The van der Waals surface area contributed by atoms with Crippen molar-refractivity contribution in [2.24, 2.45) is 0 Å². The Balaban J connectivity index is 1.95. The first-order valence-corrected chi connectivity index (χ1v) is 6.22. The third-order valence-electron chi connectivity index (χ3n) is 2.92. The summed E-state index contributed by atoms with van der Waals surface area (Å²) in [5, 5.41) is 1.01. The first-order valence-electron chi connectivity index (χ1n) is 6.22. The van der Waals surface area contributed by atoms with Crippen LogP contribution in [0.15, 0.2) is 54.9 Å². The van der Waals surface area contributed by atoms with E-state index in [4.69, 9.17) is 4.74 Å². The van der Waals surface area contributed by atoms with E-state index in [9.17, 15) is 4.79 Å². The third-order valence-corrected chi connectivity index (χ3v) is 2.92. The Labute approximate surface area is 116 Å². The third kappa shape index (κ3) is 2.36. The molecule has 0 saturated carbocycles. The number of hydrogen-bond donors (Lipinski definition) is 0. The van der Waals surface area contributed by atoms with Crippen LogP contribution in [0, 0.1) is 0 Å². The Morgan fingerprint density at radius 2 is 1.90 bits per heavy atom. The molecule has 3 rings (SSSR count). The number of ether oxygens (including phenoxy) is 1. The predicted molar refractivity (Wildman–Crippen MR) is 76.1 cm³/mol. The summed E-state index contributed by atoms with van der Waals surface area (Å²) in [4.78, 5) is 19.6. The number of carbonyl (C=O) groups excluding carboxylic acids is 1. The summed E-state index contributed by atoms with van der Waals surface area (Å²) >= 11 is 0. The minimum absolute atomic E-state index is 0.0663. The van der Waals surface area contributed by atoms with E-state index >= 15 is 0 Å². The minimum atomic E-state index is -0.0663. The highest BCUT2D eigenvalue weighted by Crippen LogP contribution is 2.27. The lowest BCUT2D eigenvalue weighted by Gasteiger charge is -2.08. The van der Waals surface area contributed by atoms with Crippen molar-refractivity contribution < 1.29 is 9.53 Å². The highest BCUT2D eigenvalue weighted by molar-refractivity contribution is 5.92. The van der Waals surface area contributed by atoms with Crippen molar-refractivity contribution >= 4 is 16.7 Å². The van der Waals surface area contributed by atoms with Crippen LogP contribution < -0.4 is 4.74 Å². The van der Waals surface area contributed by atoms with Gasteiger partial charge in [0, 0.05) is 18.5 Å². The summed E-state index contributed by atoms with van der Waals surface area (Å²) in [5.41, 5.74) is 1.22. The fourth-order valence-electron chi connectivity index (χ4n) is 1.93. The normalized spacial score (nSPS) is 10.4. The van der Waals surface area contributed by atoms with Crippen molar-refractivity contribution in [2.75, 3.05) is 0 Å². The lowest BCUT2D eigenvalue weighted by atomic mass is 10.2. The number of pyridine rings is 2. The fourth-order valence-corrected chi connectivity index (χ4v) is 1.93. The topological polar surface area (TPSA) is 52.1 Å². The van der Waals surface area contributed by atoms with Crippen molar-refractivity contribution in [3.8, 4) is 11.5 Å². The van der Waals surface area contributed by atoms with Gasteiger partial charge in [0.15, 0.2) is 11.5 Å². The maximum atomic E-state index is 11.2. The number of hydrogen-bond acceptors (Lipinski definition) is 4. The molecule has 0 fully saturated rings. The average molecular weight is 264 g/mol. The van der Waals surface area contributed by atoms with Gasteiger partial charge in [-0.15, -0.1) is 0 Å². The van der Waals surface area contributed by atoms with Gasteiger partial charge in [-0.05, 0) is 24.3 Å². The standard InChI is InChI=1S/C16H12N2O2/c1-11(19)14-8-7-13(10-18-14)20-15-6-2-4-12-5-3-9-17-16(12)15/h2-10H,1H3. The Morgan fingerprint density at radius 3 is 2.65 bits per heavy atom. The van der Waals surface area contributed by atoms with Gasteiger partial charge in [0.25, 0.3) is 0 Å². The molecule has 4 nitrogen and oxygen atoms in total. The molecule has 0 aliphatic rings. The SMILES string of the molecule is CC(=O)c1ccc(Oc2cccc3cccnc23)cn1. The van der Waals surface area contributed by atoms with Crippen molar-refractivity contribution in [3.63, 3.8) is 0 Å². The number of fused-ring (bicyclic) bond motifs is 1. The summed E-state index contributed by atoms with van der Waals surface area (Å²) < 4.78 is 5.79. The number of ketones is 1. The first kappa shape index (κ1) is 12.3. The molecule has 0 amide bonds. The van der Waals surface area contributed by atoms with Crippen LogP contribution in [0.25, 0.3) is 10.9 Å². The molecule has 0 N–H and O–H groups in total. The van der Waals surface area contributed by atoms with Crippen LogP contribution in [-0.4, -0.2) is 15.8 Å². The molecule has 0 radical (unpaired) electrons. The van der Waals surface area contributed by atoms with Crippen molar-refractivity contribution in [2.45, 2.75) is 6.92 Å². The number of Topliss-reactive ketones (excluding diaryl/α,β-unsaturated/α-hetero) is 1. The molecular weight excluding hydrogens is 252 g/mol. The summed E-state index contributed by atoms with van der Waals surface area (Å²) in [5.74, 6) is 1.18. The molecule has 3 aromatic rings. The summed E-state index contributed by atoms with van der Waals surface area (Å²) in [6, 6.07) is 13.0. The molecular formula is C16H12N2O2. The average Bonchev–Trinajstić information content (AvgIpc) is 2.48. The van der Waals surface area contributed by atoms with Gasteiger partial charge in [-0.2, -0.15) is 0 Å². The largest absolute Gasteiger partial charge is 0.453 e. The molecule has 98 valence electrons. The first-order chi connectivity index (χ1) is 9.74. The Morgan fingerprint density at radius 1 is 1.05 bits per heavy atom. The van der Waals surface area contributed by atoms with Gasteiger partial charge in [0.05, 0.1) is 6.20 Å². The predicted octanol–water partition coefficient (Wildman–Crippen LogP) is 3.62. The molecule has 2 aromatic heterocycles. The highest BCUT2D eigenvalue weighted by atomic mass is 16.5. The van der Waals surface area contributed by atoms with Crippen LogP contribution in [0.2, 0.25) is 0 Å². The molecule has 0 bridgehead atoms. The van der Waals surface area contributed by atoms with Crippen LogP contribution >= 0.6 is 0 Å². The van der Waals surface area contributed by atoms with Crippen LogP contribution in [0.5, 0.6) is 11.5 Å². The van der Waals surface area contributed by atoms with E-state index in [-0.39, 0.29) is 5.78 Å². The zero-order chi connectivity index (χ0) is 13.9. The summed E-state index contributed by atoms with van der Waals surface area (Å²) in [7, 11) is 0.